The number of carbonyl (C=O) groups excluding carboxylic acids is 2. The van der Waals surface area contributed by atoms with Crippen molar-refractivity contribution in [1.29, 1.82) is 0 Å². The summed E-state index contributed by atoms with van der Waals surface area (Å²) in [5.41, 5.74) is 2.05. The number of H-pyrrole nitrogens is 1. The molecule has 0 atom stereocenters. The van der Waals surface area contributed by atoms with Crippen LogP contribution in [0.3, 0.4) is 0 Å². The van der Waals surface area contributed by atoms with Crippen LogP contribution in [0.2, 0.25) is 5.15 Å². The van der Waals surface area contributed by atoms with Crippen LogP contribution in [0.1, 0.15) is 57.6 Å². The third-order valence-corrected chi connectivity index (χ3v) is 4.28. The first-order valence-corrected chi connectivity index (χ1v) is 10.2. The summed E-state index contributed by atoms with van der Waals surface area (Å²) in [5.74, 6) is -0.529. The van der Waals surface area contributed by atoms with Gasteiger partial charge in [-0.05, 0) is 47.6 Å². The molecule has 1 aromatic carbocycles. The van der Waals surface area contributed by atoms with E-state index >= 15 is 0 Å². The molecule has 0 saturated heterocycles. The number of ether oxygens (including phenoxy) is 2. The molecule has 3 aromatic rings. The molecule has 8 nitrogen and oxygen atoms in total. The lowest BCUT2D eigenvalue weighted by atomic mass is 10.1. The van der Waals surface area contributed by atoms with Gasteiger partial charge in [0.15, 0.2) is 0 Å². The molecule has 2 N–H and O–H groups in total. The number of pyridine rings is 1. The summed E-state index contributed by atoms with van der Waals surface area (Å²) < 4.78 is 10.7. The summed E-state index contributed by atoms with van der Waals surface area (Å²) in [6, 6.07) is 5.41. The van der Waals surface area contributed by atoms with Crippen LogP contribution in [0.4, 0.5) is 4.79 Å². The van der Waals surface area contributed by atoms with Crippen LogP contribution in [-0.4, -0.2) is 33.2 Å². The molecule has 0 unspecified atom stereocenters. The van der Waals surface area contributed by atoms with Gasteiger partial charge in [-0.3, -0.25) is 4.84 Å². The van der Waals surface area contributed by atoms with Crippen molar-refractivity contribution in [3.8, 4) is 0 Å². The van der Waals surface area contributed by atoms with Gasteiger partial charge in [0, 0.05) is 22.4 Å². The number of halogens is 2. The Morgan fingerprint density at radius 3 is 2.34 bits per heavy atom. The summed E-state index contributed by atoms with van der Waals surface area (Å²) in [4.78, 5) is 37.7. The Morgan fingerprint density at radius 1 is 1.06 bits per heavy atom. The number of carbonyl (C=O) groups is 2. The first kappa shape index (κ1) is 25.7. The Labute approximate surface area is 197 Å². The third kappa shape index (κ3) is 6.25. The van der Waals surface area contributed by atoms with Gasteiger partial charge in [0.25, 0.3) is 0 Å². The highest BCUT2D eigenvalue weighted by Crippen LogP contribution is 2.32. The first-order chi connectivity index (χ1) is 14.3. The number of esters is 1. The van der Waals surface area contributed by atoms with E-state index in [0.29, 0.717) is 21.7 Å². The number of rotatable bonds is 4. The van der Waals surface area contributed by atoms with Crippen molar-refractivity contribution in [3.63, 3.8) is 0 Å². The van der Waals surface area contributed by atoms with E-state index < -0.39 is 23.3 Å². The van der Waals surface area contributed by atoms with Crippen LogP contribution in [0.15, 0.2) is 24.4 Å². The lowest BCUT2D eigenvalue weighted by molar-refractivity contribution is -0.0149. The van der Waals surface area contributed by atoms with Gasteiger partial charge in [0.1, 0.15) is 23.0 Å². The molecule has 0 saturated carbocycles. The zero-order chi connectivity index (χ0) is 23.0. The minimum Gasteiger partial charge on any atom is -0.456 e. The van der Waals surface area contributed by atoms with Crippen LogP contribution >= 0.6 is 24.0 Å². The van der Waals surface area contributed by atoms with Crippen molar-refractivity contribution in [2.45, 2.75) is 59.4 Å². The van der Waals surface area contributed by atoms with Crippen LogP contribution < -0.4 is 5.48 Å². The topological polar surface area (TPSA) is 103 Å². The Morgan fingerprint density at radius 2 is 1.72 bits per heavy atom. The van der Waals surface area contributed by atoms with Gasteiger partial charge in [-0.15, -0.1) is 12.4 Å². The molecular formula is C22H27Cl2N3O5. The van der Waals surface area contributed by atoms with Crippen molar-refractivity contribution < 1.29 is 23.9 Å². The monoisotopic (exact) mass is 483 g/mol. The third-order valence-electron chi connectivity index (χ3n) is 4.06. The van der Waals surface area contributed by atoms with Crippen LogP contribution in [0.25, 0.3) is 21.7 Å². The maximum absolute atomic E-state index is 13.0. The maximum atomic E-state index is 13.0. The average Bonchev–Trinajstić information content (AvgIpc) is 2.97. The lowest BCUT2D eigenvalue weighted by Crippen LogP contribution is -2.32. The summed E-state index contributed by atoms with van der Waals surface area (Å²) in [6.07, 6.45) is 1.02. The van der Waals surface area contributed by atoms with Crippen molar-refractivity contribution >= 4 is 57.7 Å². The van der Waals surface area contributed by atoms with E-state index in [1.54, 1.807) is 59.9 Å². The number of nitrogens with zero attached hydrogens (tertiary/aromatic N) is 1. The van der Waals surface area contributed by atoms with E-state index in [1.807, 2.05) is 6.07 Å². The predicted molar refractivity (Wildman–Crippen MR) is 125 cm³/mol. The Hall–Kier alpha value is -2.55. The molecule has 2 heterocycles. The SMILES string of the molecule is CC(C)(C)OC(=O)NOCc1nc2c(ccc3c[nH]c(Cl)cc32)c1C(=O)OC(C)(C)C.Cl. The number of amides is 1. The number of nitrogens with one attached hydrogen (secondary N) is 2. The molecule has 10 heteroatoms. The fourth-order valence-corrected chi connectivity index (χ4v) is 3.17. The van der Waals surface area contributed by atoms with Crippen molar-refractivity contribution in [2.75, 3.05) is 0 Å². The Kier molecular flexibility index (Phi) is 7.65. The zero-order valence-corrected chi connectivity index (χ0v) is 20.4. The molecule has 174 valence electrons. The summed E-state index contributed by atoms with van der Waals surface area (Å²) >= 11 is 6.13. The van der Waals surface area contributed by atoms with Gasteiger partial charge in [-0.1, -0.05) is 23.7 Å². The van der Waals surface area contributed by atoms with E-state index in [1.165, 1.54) is 0 Å². The van der Waals surface area contributed by atoms with E-state index in [-0.39, 0.29) is 24.6 Å². The maximum Gasteiger partial charge on any atom is 0.431 e. The second-order valence-corrected chi connectivity index (χ2v) is 9.48. The standard InChI is InChI=1S/C22H26ClN3O5.ClH/c1-21(2,3)30-19(27)17-13-8-7-12-10-24-16(23)9-14(12)18(13)25-15(17)11-29-26-20(28)31-22(4,5)6;/h7-10,24H,11H2,1-6H3,(H,26,28);1H. The molecule has 3 rings (SSSR count). The van der Waals surface area contributed by atoms with E-state index in [4.69, 9.17) is 25.9 Å². The fraction of sp³-hybridized carbons (Fsp3) is 0.409. The van der Waals surface area contributed by atoms with E-state index in [9.17, 15) is 9.59 Å². The highest BCUT2D eigenvalue weighted by molar-refractivity contribution is 6.30. The Bertz CT molecular complexity index is 1150. The van der Waals surface area contributed by atoms with Gasteiger partial charge in [-0.2, -0.15) is 5.48 Å². The molecule has 2 aromatic heterocycles. The quantitative estimate of drug-likeness (QED) is 0.280. The summed E-state index contributed by atoms with van der Waals surface area (Å²) in [5, 5.41) is 2.70. The largest absolute Gasteiger partial charge is 0.456 e. The first-order valence-electron chi connectivity index (χ1n) is 9.77. The fourth-order valence-electron chi connectivity index (χ4n) is 3.01. The Balaban J connectivity index is 0.00000363. The molecule has 0 spiro atoms. The zero-order valence-electron chi connectivity index (χ0n) is 18.8. The van der Waals surface area contributed by atoms with Gasteiger partial charge >= 0.3 is 12.1 Å². The molecular weight excluding hydrogens is 457 g/mol. The molecule has 0 aliphatic rings. The van der Waals surface area contributed by atoms with Gasteiger partial charge in [0.2, 0.25) is 0 Å². The molecule has 1 amide bonds. The van der Waals surface area contributed by atoms with Crippen molar-refractivity contribution in [3.05, 3.63) is 40.8 Å². The predicted octanol–water partition coefficient (Wildman–Crippen LogP) is 5.70. The molecule has 0 aliphatic carbocycles. The molecule has 32 heavy (non-hydrogen) atoms. The molecule has 0 bridgehead atoms. The number of aromatic nitrogens is 2. The average molecular weight is 484 g/mol. The van der Waals surface area contributed by atoms with E-state index in [0.717, 1.165) is 10.8 Å². The normalized spacial score (nSPS) is 11.8. The van der Waals surface area contributed by atoms with Crippen LogP contribution in [0, 0.1) is 0 Å². The van der Waals surface area contributed by atoms with Gasteiger partial charge < -0.3 is 14.5 Å². The number of benzene rings is 1. The second kappa shape index (κ2) is 9.52. The number of hydrogen-bond acceptors (Lipinski definition) is 6. The molecule has 0 aliphatic heterocycles. The second-order valence-electron chi connectivity index (χ2n) is 9.07. The molecule has 0 radical (unpaired) electrons. The minimum atomic E-state index is -0.741. The smallest absolute Gasteiger partial charge is 0.431 e. The minimum absolute atomic E-state index is 0. The van der Waals surface area contributed by atoms with Crippen LogP contribution in [-0.2, 0) is 20.9 Å². The van der Waals surface area contributed by atoms with Crippen molar-refractivity contribution in [1.82, 2.24) is 15.4 Å². The van der Waals surface area contributed by atoms with E-state index in [2.05, 4.69) is 15.4 Å². The highest BCUT2D eigenvalue weighted by atomic mass is 35.5. The highest BCUT2D eigenvalue weighted by Gasteiger charge is 2.26. The number of hydroxylamine groups is 1. The van der Waals surface area contributed by atoms with Gasteiger partial charge in [0.05, 0.1) is 16.8 Å². The van der Waals surface area contributed by atoms with Crippen LogP contribution in [0.5, 0.6) is 0 Å². The van der Waals surface area contributed by atoms with Gasteiger partial charge in [-0.25, -0.2) is 14.6 Å². The number of aromatic amines is 1. The molecule has 0 fully saturated rings. The van der Waals surface area contributed by atoms with Crippen molar-refractivity contribution in [2.24, 2.45) is 0 Å². The number of hydrogen-bond donors (Lipinski definition) is 2. The number of fused-ring (bicyclic) bond motifs is 3. The summed E-state index contributed by atoms with van der Waals surface area (Å²) in [7, 11) is 0. The summed E-state index contributed by atoms with van der Waals surface area (Å²) in [6.45, 7) is 10.4. The lowest BCUT2D eigenvalue weighted by Gasteiger charge is -2.20.